The van der Waals surface area contributed by atoms with E-state index in [0.717, 1.165) is 0 Å². The highest BCUT2D eigenvalue weighted by molar-refractivity contribution is 5.95. The maximum atomic E-state index is 13.5. The van der Waals surface area contributed by atoms with Crippen molar-refractivity contribution >= 4 is 41.4 Å². The second kappa shape index (κ2) is 22.0. The van der Waals surface area contributed by atoms with Gasteiger partial charge in [-0.1, -0.05) is 0 Å². The summed E-state index contributed by atoms with van der Waals surface area (Å²) in [6.45, 7) is 1.51. The predicted octanol–water partition coefficient (Wildman–Crippen LogP) is -4.04. The van der Waals surface area contributed by atoms with Gasteiger partial charge in [0.1, 0.15) is 24.2 Å². The van der Waals surface area contributed by atoms with Gasteiger partial charge in [-0.05, 0) is 65.0 Å². The molecule has 0 aliphatic heterocycles. The van der Waals surface area contributed by atoms with E-state index in [0.29, 0.717) is 44.5 Å². The van der Waals surface area contributed by atoms with E-state index < -0.39 is 78.2 Å². The van der Waals surface area contributed by atoms with E-state index >= 15 is 0 Å². The highest BCUT2D eigenvalue weighted by Crippen LogP contribution is 2.07. The molecule has 0 unspecified atom stereocenters. The third-order valence-corrected chi connectivity index (χ3v) is 6.92. The molecule has 264 valence electrons. The number of unbranched alkanes of at least 4 members (excludes halogenated alkanes) is 2. The Labute approximate surface area is 272 Å². The molecule has 0 saturated heterocycles. The number of imidazole rings is 1. The first-order chi connectivity index (χ1) is 22.3. The maximum Gasteiger partial charge on any atom is 0.326 e. The lowest BCUT2D eigenvalue weighted by molar-refractivity contribution is -0.142. The van der Waals surface area contributed by atoms with Gasteiger partial charge >= 0.3 is 5.97 Å². The lowest BCUT2D eigenvalue weighted by atomic mass is 10.0. The number of aromatic nitrogens is 2. The zero-order valence-corrected chi connectivity index (χ0v) is 26.6. The number of hydrogen-bond acceptors (Lipinski definition) is 11. The first-order valence-corrected chi connectivity index (χ1v) is 15.4. The van der Waals surface area contributed by atoms with Gasteiger partial charge in [-0.3, -0.25) is 28.8 Å². The molecule has 6 amide bonds. The molecule has 5 atom stereocenters. The number of hydrogen-bond donors (Lipinski definition) is 11. The number of nitrogens with one attached hydrogen (secondary N) is 6. The molecule has 1 rings (SSSR count). The molecule has 0 fully saturated rings. The van der Waals surface area contributed by atoms with Crippen molar-refractivity contribution in [3.8, 4) is 0 Å². The van der Waals surface area contributed by atoms with Gasteiger partial charge < -0.3 is 59.6 Å². The molecule has 1 aromatic heterocycles. The second-order valence-electron chi connectivity index (χ2n) is 11.0. The van der Waals surface area contributed by atoms with Crippen LogP contribution in [0.5, 0.6) is 0 Å². The molecule has 0 spiro atoms. The molecule has 15 N–H and O–H groups in total. The standard InChI is InChI=1S/C28H49N11O8/c1-16(31)24(42)39-21(12-17-13-33-15-35-17)27(45)38-19(7-3-5-11-30)26(44)37-18(6-2-4-10-29)25(43)34-14-23(41)36-20(28(46)47)8-9-22(32)40/h13,15-16,18-21H,2-12,14,29-31H2,1H3,(H2,32,40)(H,33,35)(H,34,43)(H,36,41)(H,37,44)(H,38,45)(H,39,42)(H,46,47)/t16-,18-,19-,20-,21-/m0/s1. The Morgan fingerprint density at radius 3 is 1.83 bits per heavy atom. The van der Waals surface area contributed by atoms with Crippen LogP contribution in [0.15, 0.2) is 12.5 Å². The zero-order chi connectivity index (χ0) is 35.4. The molecular weight excluding hydrogens is 618 g/mol. The summed E-state index contributed by atoms with van der Waals surface area (Å²) in [5.74, 6) is -5.65. The van der Waals surface area contributed by atoms with E-state index in [-0.39, 0.29) is 32.1 Å². The molecule has 1 heterocycles. The smallest absolute Gasteiger partial charge is 0.326 e. The summed E-state index contributed by atoms with van der Waals surface area (Å²) in [7, 11) is 0. The van der Waals surface area contributed by atoms with E-state index in [1.54, 1.807) is 0 Å². The molecule has 0 radical (unpaired) electrons. The van der Waals surface area contributed by atoms with Crippen LogP contribution in [-0.2, 0) is 40.0 Å². The normalized spacial score (nSPS) is 14.0. The monoisotopic (exact) mass is 667 g/mol. The summed E-state index contributed by atoms with van der Waals surface area (Å²) < 4.78 is 0. The third kappa shape index (κ3) is 16.5. The van der Waals surface area contributed by atoms with Crippen LogP contribution in [0.4, 0.5) is 0 Å². The summed E-state index contributed by atoms with van der Waals surface area (Å²) >= 11 is 0. The van der Waals surface area contributed by atoms with Crippen LogP contribution in [0, 0.1) is 0 Å². The summed E-state index contributed by atoms with van der Waals surface area (Å²) in [6, 6.07) is -5.69. The molecule has 0 saturated carbocycles. The maximum absolute atomic E-state index is 13.5. The Hall–Kier alpha value is -4.62. The Balaban J connectivity index is 3.05. The van der Waals surface area contributed by atoms with Gasteiger partial charge in [-0.25, -0.2) is 9.78 Å². The van der Waals surface area contributed by atoms with E-state index in [2.05, 4.69) is 36.6 Å². The van der Waals surface area contributed by atoms with Gasteiger partial charge in [0.2, 0.25) is 35.4 Å². The van der Waals surface area contributed by atoms with Gasteiger partial charge in [-0.2, -0.15) is 0 Å². The van der Waals surface area contributed by atoms with Crippen molar-refractivity contribution in [2.75, 3.05) is 19.6 Å². The number of amides is 6. The molecule has 0 bridgehead atoms. The van der Waals surface area contributed by atoms with Gasteiger partial charge in [-0.15, -0.1) is 0 Å². The van der Waals surface area contributed by atoms with Crippen LogP contribution >= 0.6 is 0 Å². The number of nitrogens with two attached hydrogens (primary N) is 4. The predicted molar refractivity (Wildman–Crippen MR) is 169 cm³/mol. The first kappa shape index (κ1) is 40.4. The van der Waals surface area contributed by atoms with Gasteiger partial charge in [0, 0.05) is 24.7 Å². The fraction of sp³-hybridized carbons (Fsp3) is 0.643. The average Bonchev–Trinajstić information content (AvgIpc) is 3.53. The molecule has 19 nitrogen and oxygen atoms in total. The molecule has 0 aliphatic carbocycles. The minimum Gasteiger partial charge on any atom is -0.480 e. The topological polar surface area (TPSA) is 333 Å². The van der Waals surface area contributed by atoms with Crippen LogP contribution in [-0.4, -0.2) is 106 Å². The van der Waals surface area contributed by atoms with Crippen molar-refractivity contribution in [2.24, 2.45) is 22.9 Å². The number of aromatic amines is 1. The van der Waals surface area contributed by atoms with E-state index in [1.807, 2.05) is 0 Å². The number of aliphatic carboxylic acids is 1. The van der Waals surface area contributed by atoms with Crippen LogP contribution in [0.3, 0.4) is 0 Å². The summed E-state index contributed by atoms with van der Waals surface area (Å²) in [4.78, 5) is 93.9. The minimum absolute atomic E-state index is 0.0267. The highest BCUT2D eigenvalue weighted by atomic mass is 16.4. The number of nitrogens with zero attached hydrogens (tertiary/aromatic N) is 1. The molecule has 0 aliphatic rings. The van der Waals surface area contributed by atoms with Crippen molar-refractivity contribution in [1.29, 1.82) is 0 Å². The molecule has 47 heavy (non-hydrogen) atoms. The largest absolute Gasteiger partial charge is 0.480 e. The van der Waals surface area contributed by atoms with E-state index in [4.69, 9.17) is 22.9 Å². The number of primary amides is 1. The van der Waals surface area contributed by atoms with Crippen LogP contribution in [0.1, 0.15) is 64.0 Å². The van der Waals surface area contributed by atoms with Crippen molar-refractivity contribution in [1.82, 2.24) is 36.6 Å². The fourth-order valence-electron chi connectivity index (χ4n) is 4.28. The van der Waals surface area contributed by atoms with E-state index in [1.165, 1.54) is 19.4 Å². The van der Waals surface area contributed by atoms with Crippen molar-refractivity contribution in [2.45, 2.75) is 94.9 Å². The lowest BCUT2D eigenvalue weighted by Gasteiger charge is -2.26. The molecule has 1 aromatic rings. The number of H-pyrrole nitrogens is 1. The Kier molecular flexibility index (Phi) is 18.9. The van der Waals surface area contributed by atoms with Gasteiger partial charge in [0.25, 0.3) is 0 Å². The molecule has 19 heteroatoms. The third-order valence-electron chi connectivity index (χ3n) is 6.92. The van der Waals surface area contributed by atoms with Gasteiger partial charge in [0.05, 0.1) is 18.9 Å². The van der Waals surface area contributed by atoms with Crippen LogP contribution in [0.2, 0.25) is 0 Å². The Bertz CT molecular complexity index is 1180. The number of carboxylic acids is 1. The molecule has 0 aromatic carbocycles. The summed E-state index contributed by atoms with van der Waals surface area (Å²) in [6.07, 6.45) is 4.69. The second-order valence-corrected chi connectivity index (χ2v) is 11.0. The zero-order valence-electron chi connectivity index (χ0n) is 26.6. The SMILES string of the molecule is C[C@H](N)C(=O)N[C@@H](Cc1cnc[nH]1)C(=O)N[C@@H](CCCCN)C(=O)N[C@@H](CCCCN)C(=O)NCC(=O)N[C@@H](CCC(N)=O)C(=O)O. The van der Waals surface area contributed by atoms with E-state index in [9.17, 15) is 38.7 Å². The average molecular weight is 668 g/mol. The Morgan fingerprint density at radius 1 is 0.787 bits per heavy atom. The molecular formula is C28H49N11O8. The summed E-state index contributed by atoms with van der Waals surface area (Å²) in [5.41, 5.74) is 22.5. The minimum atomic E-state index is -1.40. The van der Waals surface area contributed by atoms with Gasteiger partial charge in [0.15, 0.2) is 0 Å². The number of carbonyl (C=O) groups is 7. The van der Waals surface area contributed by atoms with Crippen LogP contribution < -0.4 is 49.5 Å². The summed E-state index contributed by atoms with van der Waals surface area (Å²) in [5, 5.41) is 21.7. The quantitative estimate of drug-likeness (QED) is 0.0469. The highest BCUT2D eigenvalue weighted by Gasteiger charge is 2.30. The number of carbonyl (C=O) groups excluding carboxylic acids is 6. The van der Waals surface area contributed by atoms with Crippen molar-refractivity contribution < 1.29 is 38.7 Å². The van der Waals surface area contributed by atoms with Crippen molar-refractivity contribution in [3.63, 3.8) is 0 Å². The number of carboxylic acid groups (broad SMARTS) is 1. The van der Waals surface area contributed by atoms with Crippen LogP contribution in [0.25, 0.3) is 0 Å². The fourth-order valence-corrected chi connectivity index (χ4v) is 4.28. The number of rotatable bonds is 24. The Morgan fingerprint density at radius 2 is 1.34 bits per heavy atom. The van der Waals surface area contributed by atoms with Crippen molar-refractivity contribution in [3.05, 3.63) is 18.2 Å². The first-order valence-electron chi connectivity index (χ1n) is 15.4. The lowest BCUT2D eigenvalue weighted by Crippen LogP contribution is -2.58.